The highest BCUT2D eigenvalue weighted by Crippen LogP contribution is 2.18. The molecule has 2 aromatic heterocycles. The molecule has 3 amide bonds. The second kappa shape index (κ2) is 15.6. The van der Waals surface area contributed by atoms with Gasteiger partial charge in [0.1, 0.15) is 18.3 Å². The van der Waals surface area contributed by atoms with Crippen LogP contribution in [0, 0.1) is 0 Å². The number of fused-ring (bicyclic) bond motifs is 1. The predicted octanol–water partition coefficient (Wildman–Crippen LogP) is 4.18. The van der Waals surface area contributed by atoms with Crippen LogP contribution in [-0.4, -0.2) is 53.5 Å². The van der Waals surface area contributed by atoms with Gasteiger partial charge in [-0.15, -0.1) is 0 Å². The summed E-state index contributed by atoms with van der Waals surface area (Å²) in [4.78, 5) is 58.9. The molecule has 0 fully saturated rings. The van der Waals surface area contributed by atoms with Crippen molar-refractivity contribution in [1.29, 1.82) is 0 Å². The normalized spacial score (nSPS) is 11.3. The molecule has 4 aromatic rings. The first-order valence-electron chi connectivity index (χ1n) is 13.8. The number of nitrogens with zero attached hydrogens (tertiary/aromatic N) is 2. The fourth-order valence-corrected chi connectivity index (χ4v) is 4.29. The number of aromatic nitrogens is 2. The SMILES string of the molecule is COC(=O)CCc1ccccc1NC(=O)[C@H](CCCNC(=O)OCc1cccnc1)NC(=O)c1ccc2ccccc2n1. The number of hydrogen-bond acceptors (Lipinski definition) is 8. The molecule has 11 heteroatoms. The first-order chi connectivity index (χ1) is 20.9. The average molecular weight is 584 g/mol. The van der Waals surface area contributed by atoms with Crippen molar-refractivity contribution in [3.8, 4) is 0 Å². The lowest BCUT2D eigenvalue weighted by atomic mass is 10.1. The summed E-state index contributed by atoms with van der Waals surface area (Å²) in [6, 6.07) is 20.5. The van der Waals surface area contributed by atoms with Gasteiger partial charge in [0, 0.05) is 42.0 Å². The summed E-state index contributed by atoms with van der Waals surface area (Å²) in [6.07, 6.45) is 3.75. The molecule has 3 N–H and O–H groups in total. The molecule has 4 rings (SSSR count). The molecule has 0 aliphatic heterocycles. The summed E-state index contributed by atoms with van der Waals surface area (Å²) in [6.45, 7) is 0.296. The van der Waals surface area contributed by atoms with Crippen molar-refractivity contribution in [3.05, 3.63) is 102 Å². The molecule has 0 unspecified atom stereocenters. The van der Waals surface area contributed by atoms with Gasteiger partial charge in [-0.25, -0.2) is 9.78 Å². The fraction of sp³-hybridized carbons (Fsp3) is 0.250. The Morgan fingerprint density at radius 1 is 0.930 bits per heavy atom. The van der Waals surface area contributed by atoms with Gasteiger partial charge >= 0.3 is 12.1 Å². The van der Waals surface area contributed by atoms with Gasteiger partial charge in [-0.2, -0.15) is 0 Å². The highest BCUT2D eigenvalue weighted by Gasteiger charge is 2.23. The third kappa shape index (κ3) is 9.35. The molecule has 2 heterocycles. The molecule has 2 aromatic carbocycles. The van der Waals surface area contributed by atoms with Gasteiger partial charge < -0.3 is 25.4 Å². The number of rotatable bonds is 13. The summed E-state index contributed by atoms with van der Waals surface area (Å²) in [5, 5.41) is 9.23. The van der Waals surface area contributed by atoms with Gasteiger partial charge in [0.2, 0.25) is 5.91 Å². The molecule has 43 heavy (non-hydrogen) atoms. The molecule has 0 aliphatic carbocycles. The number of nitrogens with one attached hydrogen (secondary N) is 3. The van der Waals surface area contributed by atoms with Gasteiger partial charge in [-0.05, 0) is 49.1 Å². The van der Waals surface area contributed by atoms with Crippen LogP contribution in [0.5, 0.6) is 0 Å². The van der Waals surface area contributed by atoms with Crippen LogP contribution in [0.1, 0.15) is 40.9 Å². The zero-order chi connectivity index (χ0) is 30.4. The van der Waals surface area contributed by atoms with E-state index in [-0.39, 0.29) is 37.7 Å². The van der Waals surface area contributed by atoms with E-state index >= 15 is 0 Å². The first kappa shape index (κ1) is 30.6. The first-order valence-corrected chi connectivity index (χ1v) is 13.8. The Balaban J connectivity index is 1.40. The van der Waals surface area contributed by atoms with E-state index in [0.29, 0.717) is 24.0 Å². The van der Waals surface area contributed by atoms with E-state index in [1.165, 1.54) is 7.11 Å². The van der Waals surface area contributed by atoms with Crippen molar-refractivity contribution in [2.75, 3.05) is 19.0 Å². The number of hydrogen-bond donors (Lipinski definition) is 3. The molecule has 0 radical (unpaired) electrons. The molecular formula is C32H33N5O6. The lowest BCUT2D eigenvalue weighted by molar-refractivity contribution is -0.140. The van der Waals surface area contributed by atoms with Crippen LogP contribution >= 0.6 is 0 Å². The summed E-state index contributed by atoms with van der Waals surface area (Å²) in [7, 11) is 1.32. The second-order valence-corrected chi connectivity index (χ2v) is 9.64. The van der Waals surface area contributed by atoms with E-state index in [0.717, 1.165) is 16.5 Å². The Kier molecular flexibility index (Phi) is 11.1. The molecule has 1 atom stereocenters. The maximum absolute atomic E-state index is 13.5. The topological polar surface area (TPSA) is 149 Å². The van der Waals surface area contributed by atoms with Crippen LogP contribution in [0.4, 0.5) is 10.5 Å². The number of carbonyl (C=O) groups is 4. The van der Waals surface area contributed by atoms with Crippen LogP contribution in [0.3, 0.4) is 0 Å². The third-order valence-corrected chi connectivity index (χ3v) is 6.59. The van der Waals surface area contributed by atoms with Gasteiger partial charge in [-0.1, -0.05) is 48.5 Å². The standard InChI is InChI=1S/C32H33N5O6/c1-42-29(38)17-15-24-10-3-5-12-26(24)36-30(39)27(13-7-19-34-32(41)43-21-22-8-6-18-33-20-22)37-31(40)28-16-14-23-9-2-4-11-25(23)35-28/h2-6,8-12,14,16,18,20,27H,7,13,15,17,19,21H2,1H3,(H,34,41)(H,36,39)(H,37,40)/t27-/m0/s1. The molecule has 0 saturated carbocycles. The lowest BCUT2D eigenvalue weighted by Crippen LogP contribution is -2.44. The van der Waals surface area contributed by atoms with Crippen molar-refractivity contribution in [2.45, 2.75) is 38.3 Å². The molecular weight excluding hydrogens is 550 g/mol. The van der Waals surface area contributed by atoms with E-state index in [1.54, 1.807) is 54.9 Å². The Bertz CT molecular complexity index is 1560. The molecule has 0 aliphatic rings. The van der Waals surface area contributed by atoms with Crippen LogP contribution in [0.15, 0.2) is 85.2 Å². The van der Waals surface area contributed by atoms with Crippen LogP contribution in [-0.2, 0) is 32.1 Å². The minimum atomic E-state index is -0.942. The number of alkyl carbamates (subject to hydrolysis) is 1. The van der Waals surface area contributed by atoms with Gasteiger partial charge in [-0.3, -0.25) is 19.4 Å². The van der Waals surface area contributed by atoms with Gasteiger partial charge in [0.15, 0.2) is 0 Å². The van der Waals surface area contributed by atoms with E-state index in [2.05, 4.69) is 25.9 Å². The third-order valence-electron chi connectivity index (χ3n) is 6.59. The Hall–Kier alpha value is -5.32. The van der Waals surface area contributed by atoms with E-state index in [4.69, 9.17) is 9.47 Å². The van der Waals surface area contributed by atoms with Gasteiger partial charge in [0.05, 0.1) is 12.6 Å². The van der Waals surface area contributed by atoms with Crippen LogP contribution in [0.25, 0.3) is 10.9 Å². The number of aryl methyl sites for hydroxylation is 1. The number of amides is 3. The number of benzene rings is 2. The highest BCUT2D eigenvalue weighted by atomic mass is 16.5. The van der Waals surface area contributed by atoms with Crippen molar-refractivity contribution >= 4 is 40.5 Å². The maximum Gasteiger partial charge on any atom is 0.407 e. The fourth-order valence-electron chi connectivity index (χ4n) is 4.29. The van der Waals surface area contributed by atoms with E-state index < -0.39 is 23.9 Å². The largest absolute Gasteiger partial charge is 0.469 e. The number of pyridine rings is 2. The number of esters is 1. The maximum atomic E-state index is 13.5. The minimum Gasteiger partial charge on any atom is -0.469 e. The lowest BCUT2D eigenvalue weighted by Gasteiger charge is -2.20. The Labute approximate surface area is 249 Å². The molecule has 11 nitrogen and oxygen atoms in total. The Morgan fingerprint density at radius 2 is 1.74 bits per heavy atom. The molecule has 0 spiro atoms. The quantitative estimate of drug-likeness (QED) is 0.157. The smallest absolute Gasteiger partial charge is 0.407 e. The summed E-state index contributed by atoms with van der Waals surface area (Å²) in [5.41, 5.74) is 2.86. The zero-order valence-electron chi connectivity index (χ0n) is 23.7. The van der Waals surface area contributed by atoms with Crippen molar-refractivity contribution in [3.63, 3.8) is 0 Å². The highest BCUT2D eigenvalue weighted by molar-refractivity contribution is 6.01. The number of carbonyl (C=O) groups excluding carboxylic acids is 4. The van der Waals surface area contributed by atoms with E-state index in [9.17, 15) is 19.2 Å². The van der Waals surface area contributed by atoms with Crippen molar-refractivity contribution < 1.29 is 28.7 Å². The average Bonchev–Trinajstić information content (AvgIpc) is 3.04. The molecule has 0 saturated heterocycles. The minimum absolute atomic E-state index is 0.0783. The second-order valence-electron chi connectivity index (χ2n) is 9.64. The Morgan fingerprint density at radius 3 is 2.56 bits per heavy atom. The predicted molar refractivity (Wildman–Crippen MR) is 160 cm³/mol. The number of anilines is 1. The van der Waals surface area contributed by atoms with E-state index in [1.807, 2.05) is 30.3 Å². The van der Waals surface area contributed by atoms with Crippen LogP contribution < -0.4 is 16.0 Å². The summed E-state index contributed by atoms with van der Waals surface area (Å²) >= 11 is 0. The van der Waals surface area contributed by atoms with Crippen molar-refractivity contribution in [2.24, 2.45) is 0 Å². The number of ether oxygens (including phenoxy) is 2. The van der Waals surface area contributed by atoms with Crippen LogP contribution in [0.2, 0.25) is 0 Å². The number of para-hydroxylation sites is 2. The zero-order valence-corrected chi connectivity index (χ0v) is 23.7. The molecule has 0 bridgehead atoms. The van der Waals surface area contributed by atoms with Gasteiger partial charge in [0.25, 0.3) is 5.91 Å². The molecule has 222 valence electrons. The number of methoxy groups -OCH3 is 1. The van der Waals surface area contributed by atoms with Crippen molar-refractivity contribution in [1.82, 2.24) is 20.6 Å². The summed E-state index contributed by atoms with van der Waals surface area (Å²) < 4.78 is 9.93. The summed E-state index contributed by atoms with van der Waals surface area (Å²) in [5.74, 6) is -1.31. The monoisotopic (exact) mass is 583 g/mol.